The normalized spacial score (nSPS) is 36.4. The zero-order valence-electron chi connectivity index (χ0n) is 12.2. The van der Waals surface area contributed by atoms with Gasteiger partial charge >= 0.3 is 0 Å². The van der Waals surface area contributed by atoms with Crippen LogP contribution in [0.2, 0.25) is 0 Å². The monoisotopic (exact) mass is 226 g/mol. The number of hydrogen-bond acceptors (Lipinski definition) is 1. The predicted molar refractivity (Wildman–Crippen MR) is 70.5 cm³/mol. The summed E-state index contributed by atoms with van der Waals surface area (Å²) in [6.45, 7) is 16.4. The fourth-order valence-electron chi connectivity index (χ4n) is 4.54. The van der Waals surface area contributed by atoms with Crippen molar-refractivity contribution in [2.45, 2.75) is 73.5 Å². The van der Waals surface area contributed by atoms with E-state index >= 15 is 0 Å². The van der Waals surface area contributed by atoms with Gasteiger partial charge in [0.15, 0.2) is 0 Å². The van der Waals surface area contributed by atoms with Crippen LogP contribution in [0.25, 0.3) is 0 Å². The molecule has 1 heteroatoms. The second kappa shape index (κ2) is 5.08. The fraction of sp³-hybridized carbons (Fsp3) is 1.00. The van der Waals surface area contributed by atoms with Crippen molar-refractivity contribution < 1.29 is 4.74 Å². The van der Waals surface area contributed by atoms with E-state index in [1.165, 1.54) is 12.8 Å². The Bertz CT molecular complexity index is 201. The second-order valence-corrected chi connectivity index (χ2v) is 6.83. The van der Waals surface area contributed by atoms with E-state index in [1.807, 2.05) is 0 Å². The Labute approximate surface area is 102 Å². The summed E-state index contributed by atoms with van der Waals surface area (Å²) in [5, 5.41) is 0. The van der Waals surface area contributed by atoms with Gasteiger partial charge in [-0.2, -0.15) is 0 Å². The van der Waals surface area contributed by atoms with Crippen molar-refractivity contribution in [1.82, 2.24) is 0 Å². The summed E-state index contributed by atoms with van der Waals surface area (Å²) in [4.78, 5) is 0. The van der Waals surface area contributed by atoms with Gasteiger partial charge in [-0.1, -0.05) is 34.6 Å². The van der Waals surface area contributed by atoms with Crippen molar-refractivity contribution in [3.63, 3.8) is 0 Å². The lowest BCUT2D eigenvalue weighted by Gasteiger charge is -2.49. The molecule has 0 aromatic carbocycles. The summed E-state index contributed by atoms with van der Waals surface area (Å²) in [5.41, 5.74) is 0.458. The highest BCUT2D eigenvalue weighted by atomic mass is 16.5. The van der Waals surface area contributed by atoms with Crippen LogP contribution in [0.1, 0.15) is 61.3 Å². The van der Waals surface area contributed by atoms with Gasteiger partial charge in [-0.05, 0) is 49.9 Å². The molecule has 16 heavy (non-hydrogen) atoms. The van der Waals surface area contributed by atoms with E-state index in [-0.39, 0.29) is 0 Å². The summed E-state index contributed by atoms with van der Waals surface area (Å²) in [5.74, 6) is 2.34. The molecule has 1 saturated heterocycles. The molecule has 1 rings (SSSR count). The summed E-state index contributed by atoms with van der Waals surface area (Å²) in [7, 11) is 0. The van der Waals surface area contributed by atoms with E-state index in [1.54, 1.807) is 0 Å². The molecule has 0 bridgehead atoms. The van der Waals surface area contributed by atoms with Gasteiger partial charge in [0, 0.05) is 0 Å². The van der Waals surface area contributed by atoms with Crippen molar-refractivity contribution >= 4 is 0 Å². The minimum atomic E-state index is 0.425. The quantitative estimate of drug-likeness (QED) is 0.688. The van der Waals surface area contributed by atoms with E-state index in [0.29, 0.717) is 17.6 Å². The van der Waals surface area contributed by atoms with Crippen LogP contribution in [0.4, 0.5) is 0 Å². The van der Waals surface area contributed by atoms with Crippen LogP contribution >= 0.6 is 0 Å². The average Bonchev–Trinajstić information content (AvgIpc) is 1.96. The molecule has 1 nitrogen and oxygen atoms in total. The first-order valence-electron chi connectivity index (χ1n) is 6.91. The van der Waals surface area contributed by atoms with Crippen LogP contribution in [0, 0.1) is 23.2 Å². The average molecular weight is 226 g/mol. The van der Waals surface area contributed by atoms with E-state index in [4.69, 9.17) is 4.74 Å². The maximum Gasteiger partial charge on any atom is 0.0555 e. The Balaban J connectivity index is 2.88. The largest absolute Gasteiger partial charge is 0.376 e. The summed E-state index contributed by atoms with van der Waals surface area (Å²) in [6.07, 6.45) is 3.29. The molecule has 2 unspecified atom stereocenters. The standard InChI is InChI=1S/C15H30O/c1-10(2)14(11(3)4)15(7)8-12(5)16-13(6)9-15/h10-14H,8-9H2,1-7H3. The molecule has 0 spiro atoms. The molecule has 1 fully saturated rings. The van der Waals surface area contributed by atoms with Crippen molar-refractivity contribution in [1.29, 1.82) is 0 Å². The van der Waals surface area contributed by atoms with E-state index in [0.717, 1.165) is 17.8 Å². The third-order valence-electron chi connectivity index (χ3n) is 4.21. The maximum absolute atomic E-state index is 5.89. The lowest BCUT2D eigenvalue weighted by molar-refractivity contribution is -0.114. The highest BCUT2D eigenvalue weighted by Gasteiger charge is 2.43. The summed E-state index contributed by atoms with van der Waals surface area (Å²) >= 11 is 0. The minimum absolute atomic E-state index is 0.425. The van der Waals surface area contributed by atoms with Crippen molar-refractivity contribution in [3.8, 4) is 0 Å². The van der Waals surface area contributed by atoms with Gasteiger partial charge in [0.2, 0.25) is 0 Å². The number of hydrogen-bond donors (Lipinski definition) is 0. The molecule has 0 N–H and O–H groups in total. The Kier molecular flexibility index (Phi) is 4.45. The van der Waals surface area contributed by atoms with Crippen molar-refractivity contribution in [2.75, 3.05) is 0 Å². The summed E-state index contributed by atoms with van der Waals surface area (Å²) < 4.78 is 5.89. The number of ether oxygens (including phenoxy) is 1. The third-order valence-corrected chi connectivity index (χ3v) is 4.21. The minimum Gasteiger partial charge on any atom is -0.376 e. The molecule has 1 heterocycles. The molecular formula is C15H30O. The van der Waals surface area contributed by atoms with Gasteiger partial charge in [0.25, 0.3) is 0 Å². The molecule has 96 valence electrons. The van der Waals surface area contributed by atoms with Crippen LogP contribution in [-0.2, 0) is 4.74 Å². The first-order valence-corrected chi connectivity index (χ1v) is 6.91. The SMILES string of the molecule is CC1CC(C)(C(C(C)C)C(C)C)CC(C)O1. The lowest BCUT2D eigenvalue weighted by atomic mass is 9.61. The van der Waals surface area contributed by atoms with Gasteiger partial charge in [0.1, 0.15) is 0 Å². The van der Waals surface area contributed by atoms with E-state index in [2.05, 4.69) is 48.5 Å². The Morgan fingerprint density at radius 3 is 1.62 bits per heavy atom. The van der Waals surface area contributed by atoms with Crippen LogP contribution in [-0.4, -0.2) is 12.2 Å². The first kappa shape index (κ1) is 14.0. The predicted octanol–water partition coefficient (Wildman–Crippen LogP) is 4.51. The zero-order chi connectivity index (χ0) is 12.5. The lowest BCUT2D eigenvalue weighted by Crippen LogP contribution is -2.44. The molecule has 0 aromatic rings. The van der Waals surface area contributed by atoms with Crippen LogP contribution in [0.3, 0.4) is 0 Å². The highest BCUT2D eigenvalue weighted by Crippen LogP contribution is 2.48. The van der Waals surface area contributed by atoms with Crippen molar-refractivity contribution in [2.24, 2.45) is 23.2 Å². The Morgan fingerprint density at radius 2 is 1.31 bits per heavy atom. The third kappa shape index (κ3) is 3.00. The molecule has 0 amide bonds. The molecule has 0 saturated carbocycles. The topological polar surface area (TPSA) is 9.23 Å². The first-order chi connectivity index (χ1) is 7.26. The Morgan fingerprint density at radius 1 is 0.938 bits per heavy atom. The highest BCUT2D eigenvalue weighted by molar-refractivity contribution is 4.91. The van der Waals surface area contributed by atoms with Gasteiger partial charge < -0.3 is 4.74 Å². The van der Waals surface area contributed by atoms with Gasteiger partial charge in [0.05, 0.1) is 12.2 Å². The smallest absolute Gasteiger partial charge is 0.0555 e. The van der Waals surface area contributed by atoms with Crippen LogP contribution in [0.5, 0.6) is 0 Å². The molecule has 1 aliphatic rings. The molecule has 0 radical (unpaired) electrons. The second-order valence-electron chi connectivity index (χ2n) is 6.83. The van der Waals surface area contributed by atoms with Gasteiger partial charge in [-0.25, -0.2) is 0 Å². The fourth-order valence-corrected chi connectivity index (χ4v) is 4.54. The van der Waals surface area contributed by atoms with Gasteiger partial charge in [-0.3, -0.25) is 0 Å². The maximum atomic E-state index is 5.89. The van der Waals surface area contributed by atoms with Crippen LogP contribution in [0.15, 0.2) is 0 Å². The Hall–Kier alpha value is -0.0400. The number of rotatable bonds is 3. The molecule has 0 aromatic heterocycles. The molecular weight excluding hydrogens is 196 g/mol. The van der Waals surface area contributed by atoms with E-state index < -0.39 is 0 Å². The molecule has 2 atom stereocenters. The van der Waals surface area contributed by atoms with Crippen LogP contribution < -0.4 is 0 Å². The molecule has 1 aliphatic heterocycles. The van der Waals surface area contributed by atoms with Crippen molar-refractivity contribution in [3.05, 3.63) is 0 Å². The van der Waals surface area contributed by atoms with Gasteiger partial charge in [-0.15, -0.1) is 0 Å². The van der Waals surface area contributed by atoms with E-state index in [9.17, 15) is 0 Å². The zero-order valence-corrected chi connectivity index (χ0v) is 12.2. The molecule has 0 aliphatic carbocycles. The summed E-state index contributed by atoms with van der Waals surface area (Å²) in [6, 6.07) is 0.